The van der Waals surface area contributed by atoms with Gasteiger partial charge >= 0.3 is 21.5 Å². The second kappa shape index (κ2) is 11.8. The summed E-state index contributed by atoms with van der Waals surface area (Å²) in [6.07, 6.45) is 0. The number of fused-ring (bicyclic) bond motifs is 2. The highest BCUT2D eigenvalue weighted by molar-refractivity contribution is 7.60. The van der Waals surface area contributed by atoms with Gasteiger partial charge in [0.2, 0.25) is 0 Å². The average molecular weight is 580 g/mol. The number of aromatic hydroxyl groups is 1. The number of aliphatic hydroxyl groups is 1. The van der Waals surface area contributed by atoms with Crippen LogP contribution in [0.2, 0.25) is 0 Å². The Hall–Kier alpha value is -3.38. The fraction of sp³-hybridized carbons (Fsp3) is 0.167. The maximum absolute atomic E-state index is 12.0. The first-order chi connectivity index (χ1) is 18.4. The number of phenolic OH excluding ortho intramolecular Hbond substituents is 1. The van der Waals surface area contributed by atoms with E-state index in [4.69, 9.17) is 18.9 Å². The first kappa shape index (κ1) is 28.6. The summed E-state index contributed by atoms with van der Waals surface area (Å²) in [5.74, 6) is 0.120. The Morgan fingerprint density at radius 2 is 1.69 bits per heavy atom. The van der Waals surface area contributed by atoms with Crippen LogP contribution in [0.3, 0.4) is 0 Å². The normalized spacial score (nSPS) is 14.1. The molecule has 13 nitrogen and oxygen atoms in total. The van der Waals surface area contributed by atoms with Crippen LogP contribution in [0, 0.1) is 0 Å². The summed E-state index contributed by atoms with van der Waals surface area (Å²) < 4.78 is 41.2. The molecule has 0 saturated heterocycles. The minimum atomic E-state index is -5.20. The molecule has 1 aliphatic carbocycles. The fourth-order valence-electron chi connectivity index (χ4n) is 3.87. The summed E-state index contributed by atoms with van der Waals surface area (Å²) in [4.78, 5) is 41.2. The van der Waals surface area contributed by atoms with Gasteiger partial charge in [0, 0.05) is 34.2 Å². The van der Waals surface area contributed by atoms with Crippen molar-refractivity contribution in [2.24, 2.45) is 0 Å². The van der Waals surface area contributed by atoms with E-state index in [1.54, 1.807) is 36.4 Å². The van der Waals surface area contributed by atoms with E-state index in [0.717, 1.165) is 0 Å². The van der Waals surface area contributed by atoms with Gasteiger partial charge in [0.05, 0.1) is 18.8 Å². The van der Waals surface area contributed by atoms with E-state index in [-0.39, 0.29) is 36.8 Å². The average Bonchev–Trinajstić information content (AvgIpc) is 2.85. The van der Waals surface area contributed by atoms with E-state index in [9.17, 15) is 29.0 Å². The van der Waals surface area contributed by atoms with Gasteiger partial charge in [-0.1, -0.05) is 18.2 Å². The number of phosphoric ester groups is 1. The molecule has 0 bridgehead atoms. The van der Waals surface area contributed by atoms with Crippen molar-refractivity contribution in [2.75, 3.05) is 26.4 Å². The fourth-order valence-corrected chi connectivity index (χ4v) is 5.43. The molecule has 2 aromatic carbocycles. The van der Waals surface area contributed by atoms with E-state index in [1.807, 2.05) is 0 Å². The molecule has 0 aromatic heterocycles. The first-order valence-electron chi connectivity index (χ1n) is 11.3. The van der Waals surface area contributed by atoms with Gasteiger partial charge in [0.15, 0.2) is 12.0 Å². The largest absolute Gasteiger partial charge is 0.508 e. The highest BCUT2D eigenvalue weighted by atomic mass is 31.3. The molecule has 1 heterocycles. The predicted molar refractivity (Wildman–Crippen MR) is 138 cm³/mol. The van der Waals surface area contributed by atoms with E-state index in [1.165, 1.54) is 24.3 Å². The van der Waals surface area contributed by atoms with Gasteiger partial charge in [0.25, 0.3) is 0 Å². The molecule has 206 valence electrons. The van der Waals surface area contributed by atoms with Crippen LogP contribution in [0.4, 0.5) is 0 Å². The number of rotatable bonds is 11. The van der Waals surface area contributed by atoms with Crippen molar-refractivity contribution in [1.82, 2.24) is 0 Å². The summed E-state index contributed by atoms with van der Waals surface area (Å²) in [5, 5.41) is 21.5. The summed E-state index contributed by atoms with van der Waals surface area (Å²) in [7, 11) is -10.1. The zero-order valence-electron chi connectivity index (χ0n) is 20.1. The van der Waals surface area contributed by atoms with E-state index >= 15 is 0 Å². The molecule has 2 aliphatic rings. The van der Waals surface area contributed by atoms with Crippen LogP contribution in [0.15, 0.2) is 69.9 Å². The Morgan fingerprint density at radius 1 is 0.923 bits per heavy atom. The molecular formula is C24H24NO12P2+. The van der Waals surface area contributed by atoms with Crippen LogP contribution in [-0.2, 0) is 22.7 Å². The summed E-state index contributed by atoms with van der Waals surface area (Å²) >= 11 is 0. The van der Waals surface area contributed by atoms with Crippen LogP contribution in [0.5, 0.6) is 5.75 Å². The lowest BCUT2D eigenvalue weighted by Gasteiger charge is -2.16. The SMILES string of the molecule is O=c1ccc2c(-c3ccccc3C(O)=[NH+]CCOCCOP(=O)(O)OP(=O)(O)O)c3ccc(O)cc3oc-2c1. The summed E-state index contributed by atoms with van der Waals surface area (Å²) in [5.41, 5.74) is 2.46. The van der Waals surface area contributed by atoms with E-state index < -0.39 is 22.3 Å². The Morgan fingerprint density at radius 3 is 2.46 bits per heavy atom. The molecule has 39 heavy (non-hydrogen) atoms. The maximum Gasteiger partial charge on any atom is 0.481 e. The van der Waals surface area contributed by atoms with Crippen LogP contribution >= 0.6 is 15.6 Å². The zero-order chi connectivity index (χ0) is 28.2. The lowest BCUT2D eigenvalue weighted by Crippen LogP contribution is -2.74. The molecule has 1 atom stereocenters. The van der Waals surface area contributed by atoms with Gasteiger partial charge in [0.1, 0.15) is 23.7 Å². The van der Waals surface area contributed by atoms with Gasteiger partial charge in [-0.15, -0.1) is 0 Å². The van der Waals surface area contributed by atoms with Crippen molar-refractivity contribution in [3.8, 4) is 28.2 Å². The second-order valence-electron chi connectivity index (χ2n) is 8.12. The number of aliphatic hydroxyl groups excluding tert-OH is 1. The van der Waals surface area contributed by atoms with E-state index in [2.05, 4.69) is 13.8 Å². The lowest BCUT2D eigenvalue weighted by atomic mass is 9.90. The highest BCUT2D eigenvalue weighted by Gasteiger charge is 2.32. The molecule has 1 unspecified atom stereocenters. The van der Waals surface area contributed by atoms with Crippen molar-refractivity contribution in [1.29, 1.82) is 0 Å². The molecule has 0 saturated carbocycles. The van der Waals surface area contributed by atoms with Crippen molar-refractivity contribution in [3.63, 3.8) is 0 Å². The zero-order valence-corrected chi connectivity index (χ0v) is 21.9. The smallest absolute Gasteiger partial charge is 0.481 e. The second-order valence-corrected chi connectivity index (χ2v) is 11.0. The molecule has 0 amide bonds. The molecular weight excluding hydrogens is 556 g/mol. The predicted octanol–water partition coefficient (Wildman–Crippen LogP) is 1.90. The van der Waals surface area contributed by atoms with Gasteiger partial charge < -0.3 is 34.0 Å². The van der Waals surface area contributed by atoms with Gasteiger partial charge in [-0.25, -0.2) is 14.1 Å². The number of nitrogens with one attached hydrogen (secondary N) is 1. The number of hydrogen-bond donors (Lipinski definition) is 6. The lowest BCUT2D eigenvalue weighted by molar-refractivity contribution is -0.469. The molecule has 1 aliphatic heterocycles. The molecule has 0 fully saturated rings. The number of phosphoric acid groups is 2. The molecule has 2 aromatic rings. The molecule has 0 radical (unpaired) electrons. The Bertz CT molecular complexity index is 1640. The van der Waals surface area contributed by atoms with Gasteiger partial charge in [-0.3, -0.25) is 9.32 Å². The molecule has 4 rings (SSSR count). The monoisotopic (exact) mass is 580 g/mol. The van der Waals surface area contributed by atoms with Crippen molar-refractivity contribution >= 4 is 32.5 Å². The van der Waals surface area contributed by atoms with Crippen LogP contribution in [-0.4, -0.2) is 57.2 Å². The highest BCUT2D eigenvalue weighted by Crippen LogP contribution is 2.57. The van der Waals surface area contributed by atoms with Crippen LogP contribution in [0.25, 0.3) is 33.4 Å². The quantitative estimate of drug-likeness (QED) is 0.0494. The third-order valence-electron chi connectivity index (χ3n) is 5.36. The number of hydrogen-bond acceptors (Lipinski definition) is 8. The molecule has 6 N–H and O–H groups in total. The topological polar surface area (TPSA) is 207 Å². The number of phenols is 1. The molecule has 0 spiro atoms. The van der Waals surface area contributed by atoms with Crippen molar-refractivity contribution in [2.45, 2.75) is 0 Å². The Kier molecular flexibility index (Phi) is 8.65. The Balaban J connectivity index is 1.52. The molecule has 15 heteroatoms. The standard InChI is InChI=1S/C24H23NO12P2/c26-15-5-7-19-21(13-15)36-22-14-16(27)6-8-20(22)23(19)17-3-1-2-4-18(17)24(28)25-9-10-34-11-12-35-39(32,33)37-38(29,30)31/h1-8,13-14,26H,9-12H2,(H,25,28)(H,32,33)(H2,29,30,31)/p+1. The van der Waals surface area contributed by atoms with E-state index in [0.29, 0.717) is 39.0 Å². The minimum Gasteiger partial charge on any atom is -0.508 e. The van der Waals surface area contributed by atoms with Crippen LogP contribution < -0.4 is 10.4 Å². The van der Waals surface area contributed by atoms with Gasteiger partial charge in [-0.2, -0.15) is 4.31 Å². The maximum atomic E-state index is 12.0. The third-order valence-corrected chi connectivity index (χ3v) is 7.54. The number of ether oxygens (including phenoxy) is 1. The van der Waals surface area contributed by atoms with Crippen molar-refractivity contribution in [3.05, 3.63) is 76.5 Å². The first-order valence-corrected chi connectivity index (χ1v) is 14.4. The Labute approximate surface area is 220 Å². The third kappa shape index (κ3) is 7.39. The number of benzene rings is 3. The van der Waals surface area contributed by atoms with Gasteiger partial charge in [-0.05, 0) is 30.3 Å². The van der Waals surface area contributed by atoms with Crippen molar-refractivity contribution < 1.29 is 57.0 Å². The minimum absolute atomic E-state index is 0.0132. The summed E-state index contributed by atoms with van der Waals surface area (Å²) in [6, 6.07) is 16.0. The summed E-state index contributed by atoms with van der Waals surface area (Å²) in [6.45, 7) is -0.526. The van der Waals surface area contributed by atoms with Crippen LogP contribution in [0.1, 0.15) is 5.56 Å².